The largest absolute Gasteiger partial charge is 0.433 e. The summed E-state index contributed by atoms with van der Waals surface area (Å²) >= 11 is 0. The van der Waals surface area contributed by atoms with E-state index >= 15 is 0 Å². The van der Waals surface area contributed by atoms with E-state index in [-0.39, 0.29) is 17.3 Å². The number of alkyl halides is 2. The van der Waals surface area contributed by atoms with Crippen LogP contribution in [0.25, 0.3) is 0 Å². The Kier molecular flexibility index (Phi) is 4.52. The Morgan fingerprint density at radius 3 is 2.67 bits per heavy atom. The molecule has 0 aliphatic rings. The van der Waals surface area contributed by atoms with Crippen LogP contribution in [-0.4, -0.2) is 22.3 Å². The van der Waals surface area contributed by atoms with Crippen LogP contribution in [0.4, 0.5) is 14.5 Å². The van der Waals surface area contributed by atoms with Crippen molar-refractivity contribution in [2.24, 2.45) is 0 Å². The van der Waals surface area contributed by atoms with Crippen LogP contribution in [0, 0.1) is 6.92 Å². The number of aryl methyl sites for hydroxylation is 1. The molecule has 7 heteroatoms. The van der Waals surface area contributed by atoms with Gasteiger partial charge in [-0.2, -0.15) is 13.9 Å². The van der Waals surface area contributed by atoms with Gasteiger partial charge in [-0.15, -0.1) is 0 Å². The first-order valence-corrected chi connectivity index (χ1v) is 6.34. The molecule has 0 radical (unpaired) electrons. The molecule has 1 heterocycles. The Hall–Kier alpha value is -2.44. The van der Waals surface area contributed by atoms with Gasteiger partial charge in [-0.25, -0.2) is 0 Å². The highest BCUT2D eigenvalue weighted by atomic mass is 19.3. The molecule has 2 rings (SSSR count). The van der Waals surface area contributed by atoms with Crippen molar-refractivity contribution in [3.05, 3.63) is 42.2 Å². The fourth-order valence-electron chi connectivity index (χ4n) is 1.90. The molecular formula is C14H15F2N3O2. The molecule has 1 aromatic heterocycles. The summed E-state index contributed by atoms with van der Waals surface area (Å²) in [6.07, 6.45) is 1.59. The minimum atomic E-state index is -2.95. The summed E-state index contributed by atoms with van der Waals surface area (Å²) in [6, 6.07) is 7.24. The monoisotopic (exact) mass is 295 g/mol. The van der Waals surface area contributed by atoms with Gasteiger partial charge in [0, 0.05) is 11.9 Å². The van der Waals surface area contributed by atoms with Crippen molar-refractivity contribution in [3.8, 4) is 5.75 Å². The molecule has 1 amide bonds. The highest BCUT2D eigenvalue weighted by molar-refractivity contribution is 5.94. The van der Waals surface area contributed by atoms with E-state index in [4.69, 9.17) is 0 Å². The number of carbonyl (C=O) groups is 1. The van der Waals surface area contributed by atoms with Crippen LogP contribution in [0.2, 0.25) is 0 Å². The maximum atomic E-state index is 12.3. The van der Waals surface area contributed by atoms with Crippen molar-refractivity contribution < 1.29 is 18.3 Å². The molecule has 21 heavy (non-hydrogen) atoms. The smallest absolute Gasteiger partial charge is 0.387 e. The molecule has 0 spiro atoms. The third-order valence-corrected chi connectivity index (χ3v) is 2.98. The Bertz CT molecular complexity index is 628. The number of aromatic nitrogens is 2. The average Bonchev–Trinajstić information content (AvgIpc) is 2.85. The molecular weight excluding hydrogens is 280 g/mol. The number of amides is 1. The molecule has 0 bridgehead atoms. The van der Waals surface area contributed by atoms with Crippen LogP contribution in [0.5, 0.6) is 5.75 Å². The minimum absolute atomic E-state index is 0.0785. The number of anilines is 1. The van der Waals surface area contributed by atoms with E-state index < -0.39 is 12.7 Å². The molecule has 112 valence electrons. The molecule has 0 aliphatic heterocycles. The van der Waals surface area contributed by atoms with Gasteiger partial charge in [0.2, 0.25) is 5.91 Å². The van der Waals surface area contributed by atoms with Crippen molar-refractivity contribution in [1.82, 2.24) is 9.78 Å². The number of rotatable bonds is 5. The number of ether oxygens (including phenoxy) is 1. The number of nitrogens with one attached hydrogen (secondary N) is 1. The quantitative estimate of drug-likeness (QED) is 0.922. The first kappa shape index (κ1) is 15.0. The van der Waals surface area contributed by atoms with Crippen LogP contribution < -0.4 is 10.1 Å². The summed E-state index contributed by atoms with van der Waals surface area (Å²) in [5, 5.41) is 6.63. The van der Waals surface area contributed by atoms with Crippen molar-refractivity contribution >= 4 is 11.6 Å². The molecule has 1 atom stereocenters. The second-order valence-corrected chi connectivity index (χ2v) is 4.46. The summed E-state index contributed by atoms with van der Waals surface area (Å²) < 4.78 is 30.6. The third-order valence-electron chi connectivity index (χ3n) is 2.98. The number of benzene rings is 1. The number of hydrogen-bond donors (Lipinski definition) is 1. The van der Waals surface area contributed by atoms with E-state index in [2.05, 4.69) is 15.2 Å². The Morgan fingerprint density at radius 2 is 2.05 bits per heavy atom. The number of hydrogen-bond acceptors (Lipinski definition) is 3. The molecule has 0 aliphatic carbocycles. The highest BCUT2D eigenvalue weighted by Gasteiger charge is 2.19. The van der Waals surface area contributed by atoms with Crippen molar-refractivity contribution in [1.29, 1.82) is 0 Å². The van der Waals surface area contributed by atoms with Gasteiger partial charge in [-0.1, -0.05) is 12.1 Å². The van der Waals surface area contributed by atoms with Gasteiger partial charge >= 0.3 is 6.61 Å². The lowest BCUT2D eigenvalue weighted by Gasteiger charge is -2.16. The first-order valence-electron chi connectivity index (χ1n) is 6.34. The van der Waals surface area contributed by atoms with Gasteiger partial charge in [0.05, 0.1) is 5.69 Å². The molecule has 5 nitrogen and oxygen atoms in total. The second kappa shape index (κ2) is 6.34. The van der Waals surface area contributed by atoms with Gasteiger partial charge < -0.3 is 10.1 Å². The topological polar surface area (TPSA) is 56.2 Å². The Morgan fingerprint density at radius 1 is 1.33 bits per heavy atom. The zero-order valence-corrected chi connectivity index (χ0v) is 11.6. The van der Waals surface area contributed by atoms with Crippen molar-refractivity contribution in [2.75, 3.05) is 5.32 Å². The molecule has 1 aromatic carbocycles. The third kappa shape index (κ3) is 3.56. The second-order valence-electron chi connectivity index (χ2n) is 4.46. The van der Waals surface area contributed by atoms with Crippen LogP contribution >= 0.6 is 0 Å². The lowest BCUT2D eigenvalue weighted by Crippen LogP contribution is -2.25. The molecule has 2 aromatic rings. The normalized spacial score (nSPS) is 12.2. The minimum Gasteiger partial charge on any atom is -0.433 e. The van der Waals surface area contributed by atoms with E-state index in [1.807, 2.05) is 6.92 Å². The Labute approximate surface area is 120 Å². The standard InChI is InChI=1S/C14H15F2N3O2/c1-9-7-8-17-19(9)10(2)13(20)18-11-5-3-4-6-12(11)21-14(15)16/h3-8,10,14H,1-2H3,(H,18,20). The van der Waals surface area contributed by atoms with Gasteiger partial charge in [0.15, 0.2) is 0 Å². The van der Waals surface area contributed by atoms with Gasteiger partial charge in [-0.05, 0) is 32.0 Å². The zero-order chi connectivity index (χ0) is 15.4. The summed E-state index contributed by atoms with van der Waals surface area (Å²) in [5.41, 5.74) is 1.02. The van der Waals surface area contributed by atoms with E-state index in [9.17, 15) is 13.6 Å². The van der Waals surface area contributed by atoms with Crippen LogP contribution in [0.15, 0.2) is 36.5 Å². The predicted octanol–water partition coefficient (Wildman–Crippen LogP) is 2.99. The average molecular weight is 295 g/mol. The molecule has 0 saturated carbocycles. The van der Waals surface area contributed by atoms with Crippen LogP contribution in [0.1, 0.15) is 18.7 Å². The van der Waals surface area contributed by atoms with Crippen molar-refractivity contribution in [2.45, 2.75) is 26.5 Å². The number of nitrogens with zero attached hydrogens (tertiary/aromatic N) is 2. The lowest BCUT2D eigenvalue weighted by molar-refractivity contribution is -0.119. The van der Waals surface area contributed by atoms with Crippen LogP contribution in [0.3, 0.4) is 0 Å². The maximum Gasteiger partial charge on any atom is 0.387 e. The number of para-hydroxylation sites is 2. The van der Waals surface area contributed by atoms with Gasteiger partial charge in [-0.3, -0.25) is 9.48 Å². The SMILES string of the molecule is Cc1ccnn1C(C)C(=O)Nc1ccccc1OC(F)F. The summed E-state index contributed by atoms with van der Waals surface area (Å²) in [4.78, 5) is 12.2. The fraction of sp³-hybridized carbons (Fsp3) is 0.286. The highest BCUT2D eigenvalue weighted by Crippen LogP contribution is 2.26. The van der Waals surface area contributed by atoms with Gasteiger partial charge in [0.1, 0.15) is 11.8 Å². The molecule has 1 N–H and O–H groups in total. The summed E-state index contributed by atoms with van der Waals surface area (Å²) in [5.74, 6) is -0.447. The van der Waals surface area contributed by atoms with Gasteiger partial charge in [0.25, 0.3) is 0 Å². The number of carbonyl (C=O) groups excluding carboxylic acids is 1. The summed E-state index contributed by atoms with van der Waals surface area (Å²) in [6.45, 7) is 0.546. The van der Waals surface area contributed by atoms with Crippen molar-refractivity contribution in [3.63, 3.8) is 0 Å². The van der Waals surface area contributed by atoms with Crippen LogP contribution in [-0.2, 0) is 4.79 Å². The first-order chi connectivity index (χ1) is 9.99. The van der Waals surface area contributed by atoms with E-state index in [1.165, 1.54) is 12.1 Å². The lowest BCUT2D eigenvalue weighted by atomic mass is 10.2. The summed E-state index contributed by atoms with van der Waals surface area (Å²) in [7, 11) is 0. The molecule has 1 unspecified atom stereocenters. The van der Waals surface area contributed by atoms with E-state index in [1.54, 1.807) is 36.0 Å². The van der Waals surface area contributed by atoms with E-state index in [0.29, 0.717) is 0 Å². The molecule has 0 fully saturated rings. The zero-order valence-electron chi connectivity index (χ0n) is 11.6. The fourth-order valence-corrected chi connectivity index (χ4v) is 1.90. The molecule has 0 saturated heterocycles. The predicted molar refractivity (Wildman–Crippen MR) is 73.4 cm³/mol. The number of halogens is 2. The Balaban J connectivity index is 2.15. The maximum absolute atomic E-state index is 12.3. The van der Waals surface area contributed by atoms with E-state index in [0.717, 1.165) is 5.69 Å².